The number of nitrogens with one attached hydrogen (secondary N) is 1. The Balaban J connectivity index is 1.07. The van der Waals surface area contributed by atoms with Crippen LogP contribution in [-0.4, -0.2) is 63.0 Å². The first-order chi connectivity index (χ1) is 20.0. The number of H-pyrrole nitrogens is 1. The van der Waals surface area contributed by atoms with Gasteiger partial charge in [0.2, 0.25) is 5.91 Å². The number of nitrogens with zero attached hydrogens (tertiary/aromatic N) is 3. The summed E-state index contributed by atoms with van der Waals surface area (Å²) in [6, 6.07) is 26.4. The number of benzene rings is 3. The average Bonchev–Trinajstić information content (AvgIpc) is 3.44. The van der Waals surface area contributed by atoms with Crippen molar-refractivity contribution in [3.05, 3.63) is 108 Å². The lowest BCUT2D eigenvalue weighted by molar-refractivity contribution is -0.134. The number of nitrogens with two attached hydrogens (primary N) is 1. The molecule has 1 atom stereocenters. The fourth-order valence-corrected chi connectivity index (χ4v) is 5.34. The number of aromatic hydroxyl groups is 1. The topological polar surface area (TPSA) is 108 Å². The fraction of sp³-hybridized carbons (Fsp3) is 0.212. The molecule has 4 N–H and O–H groups in total. The van der Waals surface area contributed by atoms with E-state index < -0.39 is 6.04 Å². The number of amides is 1. The molecule has 3 heterocycles. The summed E-state index contributed by atoms with van der Waals surface area (Å²) in [5.41, 5.74) is 11.2. The number of phenols is 1. The Labute approximate surface area is 239 Å². The highest BCUT2D eigenvalue weighted by molar-refractivity contribution is 5.98. The van der Waals surface area contributed by atoms with Gasteiger partial charge in [0.15, 0.2) is 0 Å². The zero-order valence-electron chi connectivity index (χ0n) is 22.7. The summed E-state index contributed by atoms with van der Waals surface area (Å²) in [6.45, 7) is 3.97. The highest BCUT2D eigenvalue weighted by Crippen LogP contribution is 2.37. The van der Waals surface area contributed by atoms with E-state index in [9.17, 15) is 9.90 Å². The molecule has 6 rings (SSSR count). The molecule has 0 aliphatic carbocycles. The Bertz CT molecular complexity index is 1610. The van der Waals surface area contributed by atoms with Crippen LogP contribution in [0.4, 0.5) is 0 Å². The molecule has 8 heteroatoms. The van der Waals surface area contributed by atoms with Crippen molar-refractivity contribution in [1.29, 1.82) is 0 Å². The van der Waals surface area contributed by atoms with Crippen LogP contribution in [0.5, 0.6) is 17.2 Å². The van der Waals surface area contributed by atoms with Gasteiger partial charge in [0.05, 0.1) is 11.4 Å². The second-order valence-electron chi connectivity index (χ2n) is 10.4. The molecule has 1 fully saturated rings. The second-order valence-corrected chi connectivity index (χ2v) is 10.4. The summed E-state index contributed by atoms with van der Waals surface area (Å²) >= 11 is 0. The molecule has 0 saturated carbocycles. The molecular formula is C33H33N5O3. The van der Waals surface area contributed by atoms with E-state index in [-0.39, 0.29) is 11.7 Å². The van der Waals surface area contributed by atoms with E-state index in [4.69, 9.17) is 10.5 Å². The predicted molar refractivity (Wildman–Crippen MR) is 160 cm³/mol. The predicted octanol–water partition coefficient (Wildman–Crippen LogP) is 4.94. The molecule has 208 valence electrons. The molecule has 1 saturated heterocycles. The van der Waals surface area contributed by atoms with Gasteiger partial charge in [-0.05, 0) is 53.4 Å². The van der Waals surface area contributed by atoms with Crippen LogP contribution in [0, 0.1) is 0 Å². The third kappa shape index (κ3) is 6.09. The number of phenolic OH excluding ortho intramolecular Hbond substituents is 1. The number of hydrogen-bond donors (Lipinski definition) is 3. The quantitative estimate of drug-likeness (QED) is 0.254. The summed E-state index contributed by atoms with van der Waals surface area (Å²) in [5.74, 6) is 1.56. The fourth-order valence-electron chi connectivity index (χ4n) is 5.34. The molecule has 0 bridgehead atoms. The molecule has 5 aromatic rings. The standard InChI is InChI=1S/C33H33N5O3/c34-29(33(40)38-18-16-37(17-19-38)22-24-4-2-1-3-5-24)20-23-6-12-27(13-7-23)41-30-14-15-35-32-31(30)28(21-36-32)25-8-10-26(39)11-9-25/h1-15,21,29,39H,16-20,22,34H2,(H,35,36)/t29-/m0/s1. The number of piperazine rings is 1. The van der Waals surface area contributed by atoms with E-state index in [1.54, 1.807) is 18.3 Å². The smallest absolute Gasteiger partial charge is 0.239 e. The molecule has 2 aromatic heterocycles. The number of hydrogen-bond acceptors (Lipinski definition) is 6. The van der Waals surface area contributed by atoms with Crippen molar-refractivity contribution in [3.8, 4) is 28.4 Å². The molecule has 0 spiro atoms. The van der Waals surface area contributed by atoms with E-state index in [1.165, 1.54) is 5.56 Å². The molecule has 8 nitrogen and oxygen atoms in total. The molecule has 0 radical (unpaired) electrons. The van der Waals surface area contributed by atoms with Crippen molar-refractivity contribution < 1.29 is 14.6 Å². The SMILES string of the molecule is N[C@@H](Cc1ccc(Oc2ccnc3[nH]cc(-c4ccc(O)cc4)c23)cc1)C(=O)N1CCN(Cc2ccccc2)CC1. The minimum Gasteiger partial charge on any atom is -0.508 e. The minimum atomic E-state index is -0.588. The van der Waals surface area contributed by atoms with Crippen molar-refractivity contribution in [3.63, 3.8) is 0 Å². The van der Waals surface area contributed by atoms with Crippen LogP contribution in [0.15, 0.2) is 97.3 Å². The first-order valence-corrected chi connectivity index (χ1v) is 13.9. The minimum absolute atomic E-state index is 0.00177. The van der Waals surface area contributed by atoms with E-state index in [0.29, 0.717) is 36.7 Å². The highest BCUT2D eigenvalue weighted by atomic mass is 16.5. The first-order valence-electron chi connectivity index (χ1n) is 13.9. The third-order valence-electron chi connectivity index (χ3n) is 7.57. The Kier molecular flexibility index (Phi) is 7.67. The summed E-state index contributed by atoms with van der Waals surface area (Å²) in [6.07, 6.45) is 4.06. The van der Waals surface area contributed by atoms with Gasteiger partial charge in [-0.1, -0.05) is 54.6 Å². The molecule has 41 heavy (non-hydrogen) atoms. The van der Waals surface area contributed by atoms with Gasteiger partial charge in [-0.3, -0.25) is 9.69 Å². The van der Waals surface area contributed by atoms with Crippen molar-refractivity contribution in [2.45, 2.75) is 19.0 Å². The van der Waals surface area contributed by atoms with Crippen molar-refractivity contribution >= 4 is 16.9 Å². The lowest BCUT2D eigenvalue weighted by Gasteiger charge is -2.36. The van der Waals surface area contributed by atoms with Gasteiger partial charge in [-0.2, -0.15) is 0 Å². The van der Waals surface area contributed by atoms with Crippen LogP contribution in [0.3, 0.4) is 0 Å². The number of fused-ring (bicyclic) bond motifs is 1. The maximum Gasteiger partial charge on any atom is 0.239 e. The van der Waals surface area contributed by atoms with E-state index >= 15 is 0 Å². The number of aromatic amines is 1. The molecule has 1 amide bonds. The maximum absolute atomic E-state index is 13.1. The summed E-state index contributed by atoms with van der Waals surface area (Å²) in [7, 11) is 0. The van der Waals surface area contributed by atoms with E-state index in [2.05, 4.69) is 39.1 Å². The number of aromatic nitrogens is 2. The number of carbonyl (C=O) groups is 1. The molecule has 1 aliphatic heterocycles. The molecule has 0 unspecified atom stereocenters. The van der Waals surface area contributed by atoms with Gasteiger partial charge in [-0.15, -0.1) is 0 Å². The molecule has 1 aliphatic rings. The Hall–Kier alpha value is -4.66. The zero-order chi connectivity index (χ0) is 28.2. The number of ether oxygens (including phenoxy) is 1. The van der Waals surface area contributed by atoms with E-state index in [1.807, 2.05) is 59.6 Å². The lowest BCUT2D eigenvalue weighted by atomic mass is 10.0. The summed E-state index contributed by atoms with van der Waals surface area (Å²) < 4.78 is 6.27. The number of carbonyl (C=O) groups excluding carboxylic acids is 1. The van der Waals surface area contributed by atoms with E-state index in [0.717, 1.165) is 41.7 Å². The van der Waals surface area contributed by atoms with Gasteiger partial charge in [0, 0.05) is 50.7 Å². The Morgan fingerprint density at radius 3 is 2.39 bits per heavy atom. The summed E-state index contributed by atoms with van der Waals surface area (Å²) in [5, 5.41) is 10.5. The summed E-state index contributed by atoms with van der Waals surface area (Å²) in [4.78, 5) is 25.0. The van der Waals surface area contributed by atoms with Crippen molar-refractivity contribution in [1.82, 2.24) is 19.8 Å². The van der Waals surface area contributed by atoms with Crippen LogP contribution in [0.1, 0.15) is 11.1 Å². The van der Waals surface area contributed by atoms with Crippen LogP contribution < -0.4 is 10.5 Å². The molecule has 3 aromatic carbocycles. The highest BCUT2D eigenvalue weighted by Gasteiger charge is 2.25. The number of rotatable bonds is 8. The maximum atomic E-state index is 13.1. The van der Waals surface area contributed by atoms with Crippen molar-refractivity contribution in [2.24, 2.45) is 5.73 Å². The van der Waals surface area contributed by atoms with Crippen LogP contribution in [0.2, 0.25) is 0 Å². The monoisotopic (exact) mass is 547 g/mol. The Morgan fingerprint density at radius 1 is 0.927 bits per heavy atom. The number of pyridine rings is 1. The zero-order valence-corrected chi connectivity index (χ0v) is 22.7. The Morgan fingerprint density at radius 2 is 1.66 bits per heavy atom. The van der Waals surface area contributed by atoms with Gasteiger partial charge in [-0.25, -0.2) is 4.98 Å². The van der Waals surface area contributed by atoms with Gasteiger partial charge >= 0.3 is 0 Å². The van der Waals surface area contributed by atoms with Crippen LogP contribution in [0.25, 0.3) is 22.2 Å². The van der Waals surface area contributed by atoms with Gasteiger partial charge < -0.3 is 25.5 Å². The average molecular weight is 548 g/mol. The van der Waals surface area contributed by atoms with Crippen LogP contribution in [-0.2, 0) is 17.8 Å². The molecular weight excluding hydrogens is 514 g/mol. The third-order valence-corrected chi connectivity index (χ3v) is 7.57. The largest absolute Gasteiger partial charge is 0.508 e. The van der Waals surface area contributed by atoms with Gasteiger partial charge in [0.1, 0.15) is 22.9 Å². The first kappa shape index (κ1) is 26.6. The lowest BCUT2D eigenvalue weighted by Crippen LogP contribution is -2.53. The van der Waals surface area contributed by atoms with Crippen molar-refractivity contribution in [2.75, 3.05) is 26.2 Å². The van der Waals surface area contributed by atoms with Gasteiger partial charge in [0.25, 0.3) is 0 Å². The van der Waals surface area contributed by atoms with Crippen LogP contribution >= 0.6 is 0 Å². The normalized spacial score (nSPS) is 14.7. The second kappa shape index (κ2) is 11.8.